The fourth-order valence-corrected chi connectivity index (χ4v) is 2.62. The molecule has 0 radical (unpaired) electrons. The summed E-state index contributed by atoms with van der Waals surface area (Å²) < 4.78 is 1.02. The average Bonchev–Trinajstić information content (AvgIpc) is 3.12. The number of carbonyl (C=O) groups is 1. The third kappa shape index (κ3) is 3.69. The molecule has 1 unspecified atom stereocenters. The van der Waals surface area contributed by atoms with Crippen LogP contribution in [-0.2, 0) is 0 Å². The van der Waals surface area contributed by atoms with Crippen molar-refractivity contribution < 1.29 is 4.79 Å². The maximum absolute atomic E-state index is 12.1. The lowest BCUT2D eigenvalue weighted by Crippen LogP contribution is -2.35. The van der Waals surface area contributed by atoms with E-state index >= 15 is 0 Å². The summed E-state index contributed by atoms with van der Waals surface area (Å²) in [5.74, 6) is 0.928. The van der Waals surface area contributed by atoms with Gasteiger partial charge in [0.2, 0.25) is 0 Å². The maximum Gasteiger partial charge on any atom is 0.252 e. The van der Waals surface area contributed by atoms with Crippen molar-refractivity contribution in [1.82, 2.24) is 5.32 Å². The minimum Gasteiger partial charge on any atom is -0.349 e. The van der Waals surface area contributed by atoms with Gasteiger partial charge in [0.25, 0.3) is 5.91 Å². The van der Waals surface area contributed by atoms with Gasteiger partial charge in [-0.05, 0) is 53.5 Å². The Morgan fingerprint density at radius 3 is 2.76 bits per heavy atom. The highest BCUT2D eigenvalue weighted by Gasteiger charge is 2.25. The van der Waals surface area contributed by atoms with E-state index in [-0.39, 0.29) is 5.91 Å². The summed E-state index contributed by atoms with van der Waals surface area (Å²) in [5, 5.41) is 3.15. The maximum atomic E-state index is 12.1. The fraction of sp³-hybridized carbons (Fsp3) is 0.500. The van der Waals surface area contributed by atoms with Crippen LogP contribution in [0, 0.1) is 9.49 Å². The molecular formula is C14H18INO. The zero-order chi connectivity index (χ0) is 12.3. The van der Waals surface area contributed by atoms with Gasteiger partial charge in [-0.15, -0.1) is 0 Å². The Balaban J connectivity index is 1.97. The van der Waals surface area contributed by atoms with Crippen LogP contribution in [0.4, 0.5) is 0 Å². The second kappa shape index (κ2) is 5.85. The first-order valence-electron chi connectivity index (χ1n) is 6.26. The third-order valence-corrected chi connectivity index (χ3v) is 4.20. The van der Waals surface area contributed by atoms with Crippen LogP contribution < -0.4 is 5.32 Å². The van der Waals surface area contributed by atoms with E-state index in [1.807, 2.05) is 24.3 Å². The Morgan fingerprint density at radius 1 is 1.47 bits per heavy atom. The Hall–Kier alpha value is -0.580. The van der Waals surface area contributed by atoms with E-state index in [1.54, 1.807) is 0 Å². The summed E-state index contributed by atoms with van der Waals surface area (Å²) in [7, 11) is 0. The molecule has 3 heteroatoms. The Kier molecular flexibility index (Phi) is 4.42. The second-order valence-electron chi connectivity index (χ2n) is 4.74. The molecule has 1 fully saturated rings. The predicted octanol–water partition coefficient (Wildman–Crippen LogP) is 3.60. The van der Waals surface area contributed by atoms with Crippen LogP contribution in [-0.4, -0.2) is 11.9 Å². The minimum atomic E-state index is 0.0718. The van der Waals surface area contributed by atoms with Crippen LogP contribution in [0.15, 0.2) is 24.3 Å². The van der Waals surface area contributed by atoms with Crippen LogP contribution in [0.1, 0.15) is 43.0 Å². The molecule has 0 heterocycles. The summed E-state index contributed by atoms with van der Waals surface area (Å²) in [6.45, 7) is 2.14. The number of rotatable bonds is 5. The molecule has 92 valence electrons. The summed E-state index contributed by atoms with van der Waals surface area (Å²) in [6, 6.07) is 8.07. The van der Waals surface area contributed by atoms with Gasteiger partial charge in [0.15, 0.2) is 0 Å². The zero-order valence-corrected chi connectivity index (χ0v) is 12.2. The second-order valence-corrected chi connectivity index (χ2v) is 5.90. The number of hydrogen-bond acceptors (Lipinski definition) is 1. The van der Waals surface area contributed by atoms with Crippen molar-refractivity contribution in [3.63, 3.8) is 0 Å². The molecule has 1 amide bonds. The fourth-order valence-electron chi connectivity index (χ4n) is 1.99. The van der Waals surface area contributed by atoms with E-state index in [1.165, 1.54) is 12.8 Å². The molecule has 1 aliphatic rings. The van der Waals surface area contributed by atoms with Gasteiger partial charge in [-0.3, -0.25) is 4.79 Å². The van der Waals surface area contributed by atoms with Crippen molar-refractivity contribution in [2.24, 2.45) is 5.92 Å². The standard InChI is InChI=1S/C14H18INO/c1-2-11(9-10-7-8-10)16-14(17)12-5-3-4-6-13(12)15/h3-6,10-11H,2,7-9H2,1H3,(H,16,17). The summed E-state index contributed by atoms with van der Waals surface area (Å²) >= 11 is 2.21. The van der Waals surface area contributed by atoms with Gasteiger partial charge in [0.1, 0.15) is 0 Å². The molecule has 0 aliphatic heterocycles. The number of nitrogens with one attached hydrogen (secondary N) is 1. The minimum absolute atomic E-state index is 0.0718. The van der Waals surface area contributed by atoms with Crippen LogP contribution in [0.25, 0.3) is 0 Å². The van der Waals surface area contributed by atoms with E-state index in [9.17, 15) is 4.79 Å². The van der Waals surface area contributed by atoms with E-state index in [4.69, 9.17) is 0 Å². The molecule has 1 aromatic carbocycles. The van der Waals surface area contributed by atoms with E-state index in [2.05, 4.69) is 34.8 Å². The van der Waals surface area contributed by atoms with E-state index < -0.39 is 0 Å². The highest BCUT2D eigenvalue weighted by molar-refractivity contribution is 14.1. The van der Waals surface area contributed by atoms with Gasteiger partial charge < -0.3 is 5.32 Å². The number of halogens is 1. The normalized spacial score (nSPS) is 16.6. The van der Waals surface area contributed by atoms with Crippen LogP contribution in [0.2, 0.25) is 0 Å². The van der Waals surface area contributed by atoms with Crippen LogP contribution >= 0.6 is 22.6 Å². The SMILES string of the molecule is CCC(CC1CC1)NC(=O)c1ccccc1I. The summed E-state index contributed by atoms with van der Waals surface area (Å²) in [5.41, 5.74) is 0.794. The van der Waals surface area contributed by atoms with Gasteiger partial charge in [-0.2, -0.15) is 0 Å². The molecule has 2 nitrogen and oxygen atoms in total. The van der Waals surface area contributed by atoms with Crippen molar-refractivity contribution in [3.8, 4) is 0 Å². The first-order chi connectivity index (χ1) is 8.20. The lowest BCUT2D eigenvalue weighted by Gasteiger charge is -2.17. The van der Waals surface area contributed by atoms with E-state index in [0.717, 1.165) is 27.9 Å². The monoisotopic (exact) mass is 343 g/mol. The molecule has 2 rings (SSSR count). The lowest BCUT2D eigenvalue weighted by molar-refractivity contribution is 0.0932. The highest BCUT2D eigenvalue weighted by Crippen LogP contribution is 2.34. The molecule has 1 saturated carbocycles. The highest BCUT2D eigenvalue weighted by atomic mass is 127. The smallest absolute Gasteiger partial charge is 0.252 e. The van der Waals surface area contributed by atoms with Gasteiger partial charge >= 0.3 is 0 Å². The molecule has 17 heavy (non-hydrogen) atoms. The van der Waals surface area contributed by atoms with Crippen molar-refractivity contribution in [3.05, 3.63) is 33.4 Å². The predicted molar refractivity (Wildman–Crippen MR) is 78.0 cm³/mol. The quantitative estimate of drug-likeness (QED) is 0.814. The topological polar surface area (TPSA) is 29.1 Å². The molecule has 1 N–H and O–H groups in total. The molecule has 1 aliphatic carbocycles. The Bertz CT molecular complexity index is 401. The molecule has 0 spiro atoms. The van der Waals surface area contributed by atoms with E-state index in [0.29, 0.717) is 6.04 Å². The van der Waals surface area contributed by atoms with Gasteiger partial charge in [-0.1, -0.05) is 31.9 Å². The Morgan fingerprint density at radius 2 is 2.18 bits per heavy atom. The summed E-state index contributed by atoms with van der Waals surface area (Å²) in [6.07, 6.45) is 4.85. The van der Waals surface area contributed by atoms with Crippen LogP contribution in [0.3, 0.4) is 0 Å². The number of carbonyl (C=O) groups excluding carboxylic acids is 1. The van der Waals surface area contributed by atoms with Crippen molar-refractivity contribution >= 4 is 28.5 Å². The van der Waals surface area contributed by atoms with Gasteiger partial charge in [0.05, 0.1) is 5.56 Å². The lowest BCUT2D eigenvalue weighted by atomic mass is 10.1. The molecule has 1 atom stereocenters. The van der Waals surface area contributed by atoms with Gasteiger partial charge in [0, 0.05) is 9.61 Å². The first kappa shape index (κ1) is 12.9. The molecule has 0 bridgehead atoms. The van der Waals surface area contributed by atoms with Gasteiger partial charge in [-0.25, -0.2) is 0 Å². The number of benzene rings is 1. The molecule has 1 aromatic rings. The van der Waals surface area contributed by atoms with Crippen molar-refractivity contribution in [2.75, 3.05) is 0 Å². The molecule has 0 saturated heterocycles. The van der Waals surface area contributed by atoms with Crippen molar-refractivity contribution in [2.45, 2.75) is 38.6 Å². The largest absolute Gasteiger partial charge is 0.349 e. The first-order valence-corrected chi connectivity index (χ1v) is 7.34. The average molecular weight is 343 g/mol. The Labute approximate surface area is 116 Å². The number of hydrogen-bond donors (Lipinski definition) is 1. The third-order valence-electron chi connectivity index (χ3n) is 3.26. The zero-order valence-electron chi connectivity index (χ0n) is 10.1. The van der Waals surface area contributed by atoms with Crippen molar-refractivity contribution in [1.29, 1.82) is 0 Å². The summed E-state index contributed by atoms with van der Waals surface area (Å²) in [4.78, 5) is 12.1. The number of amides is 1. The van der Waals surface area contributed by atoms with Crippen LogP contribution in [0.5, 0.6) is 0 Å². The molecule has 0 aromatic heterocycles. The molecular weight excluding hydrogens is 325 g/mol.